The van der Waals surface area contributed by atoms with Crippen LogP contribution in [-0.4, -0.2) is 7.11 Å². The Labute approximate surface area is 141 Å². The molecule has 0 saturated carbocycles. The van der Waals surface area contributed by atoms with Crippen molar-refractivity contribution >= 4 is 0 Å². The Morgan fingerprint density at radius 1 is 0.875 bits per heavy atom. The van der Waals surface area contributed by atoms with Gasteiger partial charge in [-0.25, -0.2) is 0 Å². The number of benzene rings is 3. The number of rotatable bonds is 5. The molecule has 3 heteroatoms. The highest BCUT2D eigenvalue weighted by molar-refractivity contribution is 5.67. The van der Waals surface area contributed by atoms with Crippen LogP contribution in [0.1, 0.15) is 11.1 Å². The predicted molar refractivity (Wildman–Crippen MR) is 93.9 cm³/mol. The number of methoxy groups -OCH3 is 1. The second kappa shape index (κ2) is 7.34. The molecule has 24 heavy (non-hydrogen) atoms. The molecule has 0 N–H and O–H groups in total. The van der Waals surface area contributed by atoms with E-state index in [1.165, 1.54) is 0 Å². The summed E-state index contributed by atoms with van der Waals surface area (Å²) in [6, 6.07) is 25.5. The molecule has 0 radical (unpaired) electrons. The summed E-state index contributed by atoms with van der Waals surface area (Å²) in [6.07, 6.45) is 0. The van der Waals surface area contributed by atoms with Gasteiger partial charge in [-0.05, 0) is 41.0 Å². The largest absolute Gasteiger partial charge is 0.497 e. The molecule has 0 aliphatic heterocycles. The van der Waals surface area contributed by atoms with E-state index < -0.39 is 0 Å². The molecule has 0 heterocycles. The molecule has 0 unspecified atom stereocenters. The van der Waals surface area contributed by atoms with Crippen molar-refractivity contribution in [2.24, 2.45) is 0 Å². The Bertz CT molecular complexity index is 849. The zero-order chi connectivity index (χ0) is 16.8. The minimum Gasteiger partial charge on any atom is -0.497 e. The fourth-order valence-electron chi connectivity index (χ4n) is 2.43. The van der Waals surface area contributed by atoms with E-state index in [1.807, 2.05) is 66.7 Å². The van der Waals surface area contributed by atoms with Crippen molar-refractivity contribution < 1.29 is 9.47 Å². The second-order valence-corrected chi connectivity index (χ2v) is 5.33. The number of hydrogen-bond donors (Lipinski definition) is 0. The van der Waals surface area contributed by atoms with Gasteiger partial charge in [-0.1, -0.05) is 48.5 Å². The molecule has 3 aromatic carbocycles. The van der Waals surface area contributed by atoms with Crippen LogP contribution in [0, 0.1) is 11.3 Å². The highest BCUT2D eigenvalue weighted by Gasteiger charge is 2.07. The zero-order valence-corrected chi connectivity index (χ0v) is 13.4. The molecule has 0 spiro atoms. The van der Waals surface area contributed by atoms with Crippen LogP contribution in [0.4, 0.5) is 0 Å². The molecule has 0 amide bonds. The van der Waals surface area contributed by atoms with Gasteiger partial charge in [0.25, 0.3) is 0 Å². The molecule has 0 bridgehead atoms. The summed E-state index contributed by atoms with van der Waals surface area (Å²) in [5.74, 6) is 1.41. The maximum atomic E-state index is 9.30. The van der Waals surface area contributed by atoms with Crippen LogP contribution in [0.15, 0.2) is 72.8 Å². The van der Waals surface area contributed by atoms with Gasteiger partial charge in [-0.2, -0.15) is 5.26 Å². The van der Waals surface area contributed by atoms with E-state index in [0.29, 0.717) is 17.9 Å². The fourth-order valence-corrected chi connectivity index (χ4v) is 2.43. The van der Waals surface area contributed by atoms with Crippen LogP contribution >= 0.6 is 0 Å². The van der Waals surface area contributed by atoms with Gasteiger partial charge in [0.05, 0.1) is 12.7 Å². The SMILES string of the molecule is COc1ccc(-c2ccc(C#N)c(OCc3ccccc3)c2)cc1. The molecule has 118 valence electrons. The third-order valence-corrected chi connectivity index (χ3v) is 3.76. The lowest BCUT2D eigenvalue weighted by atomic mass is 10.0. The summed E-state index contributed by atoms with van der Waals surface area (Å²) >= 11 is 0. The fraction of sp³-hybridized carbons (Fsp3) is 0.0952. The first kappa shape index (κ1) is 15.6. The smallest absolute Gasteiger partial charge is 0.138 e. The maximum Gasteiger partial charge on any atom is 0.138 e. The van der Waals surface area contributed by atoms with Gasteiger partial charge in [0.15, 0.2) is 0 Å². The molecule has 3 aromatic rings. The molecule has 0 aliphatic rings. The van der Waals surface area contributed by atoms with Gasteiger partial charge < -0.3 is 9.47 Å². The molecule has 0 aromatic heterocycles. The monoisotopic (exact) mass is 315 g/mol. The lowest BCUT2D eigenvalue weighted by Gasteiger charge is -2.11. The average molecular weight is 315 g/mol. The Kier molecular flexibility index (Phi) is 4.78. The number of hydrogen-bond acceptors (Lipinski definition) is 3. The first-order valence-electron chi connectivity index (χ1n) is 7.65. The van der Waals surface area contributed by atoms with E-state index in [0.717, 1.165) is 22.4 Å². The number of nitriles is 1. The third-order valence-electron chi connectivity index (χ3n) is 3.76. The molecular weight excluding hydrogens is 298 g/mol. The summed E-state index contributed by atoms with van der Waals surface area (Å²) in [6.45, 7) is 0.432. The lowest BCUT2D eigenvalue weighted by Crippen LogP contribution is -1.97. The van der Waals surface area contributed by atoms with Crippen molar-refractivity contribution in [1.82, 2.24) is 0 Å². The van der Waals surface area contributed by atoms with E-state index in [1.54, 1.807) is 13.2 Å². The number of ether oxygens (including phenoxy) is 2. The van der Waals surface area contributed by atoms with Gasteiger partial charge in [-0.3, -0.25) is 0 Å². The quantitative estimate of drug-likeness (QED) is 0.678. The van der Waals surface area contributed by atoms with E-state index in [-0.39, 0.29) is 0 Å². The van der Waals surface area contributed by atoms with Crippen LogP contribution in [0.25, 0.3) is 11.1 Å². The summed E-state index contributed by atoms with van der Waals surface area (Å²) in [4.78, 5) is 0. The van der Waals surface area contributed by atoms with Crippen molar-refractivity contribution in [2.45, 2.75) is 6.61 Å². The van der Waals surface area contributed by atoms with Crippen LogP contribution in [-0.2, 0) is 6.61 Å². The highest BCUT2D eigenvalue weighted by atomic mass is 16.5. The van der Waals surface area contributed by atoms with Gasteiger partial charge in [0.2, 0.25) is 0 Å². The normalized spacial score (nSPS) is 10.0. The van der Waals surface area contributed by atoms with Gasteiger partial charge in [-0.15, -0.1) is 0 Å². The standard InChI is InChI=1S/C21H17NO2/c1-23-20-11-9-17(10-12-20)18-7-8-19(14-22)21(13-18)24-15-16-5-3-2-4-6-16/h2-13H,15H2,1H3. The molecule has 0 aliphatic carbocycles. The van der Waals surface area contributed by atoms with Gasteiger partial charge in [0, 0.05) is 0 Å². The molecule has 0 atom stereocenters. The minimum absolute atomic E-state index is 0.432. The van der Waals surface area contributed by atoms with Crippen molar-refractivity contribution in [3.63, 3.8) is 0 Å². The lowest BCUT2D eigenvalue weighted by molar-refractivity contribution is 0.305. The highest BCUT2D eigenvalue weighted by Crippen LogP contribution is 2.29. The molecule has 0 saturated heterocycles. The zero-order valence-electron chi connectivity index (χ0n) is 13.4. The third kappa shape index (κ3) is 3.56. The maximum absolute atomic E-state index is 9.30. The molecule has 0 fully saturated rings. The van der Waals surface area contributed by atoms with Crippen molar-refractivity contribution in [3.8, 4) is 28.7 Å². The van der Waals surface area contributed by atoms with Crippen LogP contribution < -0.4 is 9.47 Å². The average Bonchev–Trinajstić information content (AvgIpc) is 2.67. The van der Waals surface area contributed by atoms with E-state index in [2.05, 4.69) is 6.07 Å². The van der Waals surface area contributed by atoms with Crippen molar-refractivity contribution in [1.29, 1.82) is 5.26 Å². The Morgan fingerprint density at radius 3 is 2.25 bits per heavy atom. The van der Waals surface area contributed by atoms with Crippen LogP contribution in [0.5, 0.6) is 11.5 Å². The van der Waals surface area contributed by atoms with Gasteiger partial charge in [0.1, 0.15) is 24.2 Å². The van der Waals surface area contributed by atoms with Crippen molar-refractivity contribution in [3.05, 3.63) is 83.9 Å². The summed E-state index contributed by atoms with van der Waals surface area (Å²) < 4.78 is 11.1. The first-order valence-corrected chi connectivity index (χ1v) is 7.65. The van der Waals surface area contributed by atoms with E-state index >= 15 is 0 Å². The Hall–Kier alpha value is -3.25. The summed E-state index contributed by atoms with van der Waals surface area (Å²) in [5, 5.41) is 9.30. The van der Waals surface area contributed by atoms with E-state index in [4.69, 9.17) is 9.47 Å². The molecular formula is C21H17NO2. The topological polar surface area (TPSA) is 42.2 Å². The minimum atomic E-state index is 0.432. The number of nitrogens with zero attached hydrogens (tertiary/aromatic N) is 1. The Balaban J connectivity index is 1.86. The summed E-state index contributed by atoms with van der Waals surface area (Å²) in [5.41, 5.74) is 3.64. The molecule has 3 rings (SSSR count). The van der Waals surface area contributed by atoms with Gasteiger partial charge >= 0.3 is 0 Å². The Morgan fingerprint density at radius 2 is 1.58 bits per heavy atom. The second-order valence-electron chi connectivity index (χ2n) is 5.33. The summed E-state index contributed by atoms with van der Waals surface area (Å²) in [7, 11) is 1.65. The van der Waals surface area contributed by atoms with E-state index in [9.17, 15) is 5.26 Å². The predicted octanol–water partition coefficient (Wildman–Crippen LogP) is 4.81. The van der Waals surface area contributed by atoms with Crippen molar-refractivity contribution in [2.75, 3.05) is 7.11 Å². The first-order chi connectivity index (χ1) is 11.8. The molecule has 3 nitrogen and oxygen atoms in total. The van der Waals surface area contributed by atoms with Crippen LogP contribution in [0.2, 0.25) is 0 Å². The van der Waals surface area contributed by atoms with Crippen LogP contribution in [0.3, 0.4) is 0 Å².